The Kier molecular flexibility index (Phi) is 6.46. The molecule has 0 fully saturated rings. The van der Waals surface area contributed by atoms with E-state index in [-0.39, 0.29) is 0 Å². The Balaban J connectivity index is 1.69. The molecule has 0 amide bonds. The molecule has 8 heteroatoms. The summed E-state index contributed by atoms with van der Waals surface area (Å²) in [6, 6.07) is 13.7. The van der Waals surface area contributed by atoms with Crippen molar-refractivity contribution in [1.82, 2.24) is 4.68 Å². The zero-order valence-electron chi connectivity index (χ0n) is 16.9. The third kappa shape index (κ3) is 4.55. The fraction of sp³-hybridized carbons (Fsp3) is 0.273. The first-order valence-corrected chi connectivity index (χ1v) is 10.4. The van der Waals surface area contributed by atoms with Crippen LogP contribution in [0, 0.1) is 0 Å². The molecule has 1 aliphatic rings. The number of hydrogen-bond acceptors (Lipinski definition) is 7. The third-order valence-electron chi connectivity index (χ3n) is 4.50. The van der Waals surface area contributed by atoms with Gasteiger partial charge in [0.25, 0.3) is 0 Å². The number of benzene rings is 2. The highest BCUT2D eigenvalue weighted by Crippen LogP contribution is 2.30. The van der Waals surface area contributed by atoms with E-state index in [0.717, 1.165) is 38.9 Å². The van der Waals surface area contributed by atoms with Gasteiger partial charge in [0, 0.05) is 18.1 Å². The first-order valence-electron chi connectivity index (χ1n) is 9.57. The Hall–Kier alpha value is -3.10. The zero-order chi connectivity index (χ0) is 20.8. The molecular formula is C22H23N3O4S. The monoisotopic (exact) mass is 425 g/mol. The minimum absolute atomic E-state index is 0.553. The van der Waals surface area contributed by atoms with E-state index in [1.54, 1.807) is 31.8 Å². The van der Waals surface area contributed by atoms with E-state index in [1.807, 2.05) is 47.1 Å². The van der Waals surface area contributed by atoms with Gasteiger partial charge >= 0.3 is 0 Å². The maximum Gasteiger partial charge on any atom is 0.206 e. The molecule has 1 aliphatic heterocycles. The number of methoxy groups -OCH3 is 2. The maximum absolute atomic E-state index is 5.67. The van der Waals surface area contributed by atoms with E-state index in [4.69, 9.17) is 24.0 Å². The molecule has 2 aromatic carbocycles. The molecule has 0 radical (unpaired) electrons. The van der Waals surface area contributed by atoms with Crippen LogP contribution in [-0.4, -0.2) is 51.5 Å². The van der Waals surface area contributed by atoms with Crippen molar-refractivity contribution in [3.8, 4) is 28.5 Å². The Morgan fingerprint density at radius 1 is 1.07 bits per heavy atom. The van der Waals surface area contributed by atoms with Crippen LogP contribution in [-0.2, 0) is 4.74 Å². The van der Waals surface area contributed by atoms with Gasteiger partial charge < -0.3 is 18.9 Å². The van der Waals surface area contributed by atoms with Gasteiger partial charge in [-0.1, -0.05) is 0 Å². The van der Waals surface area contributed by atoms with Crippen LogP contribution in [0.3, 0.4) is 0 Å². The van der Waals surface area contributed by atoms with Gasteiger partial charge in [0.1, 0.15) is 19.0 Å². The molecule has 0 unspecified atom stereocenters. The SMILES string of the molecule is COCCN=c1scc(-c2ccc(OC)cc2)n1N=Cc1ccc2c(c1)OCCO2. The van der Waals surface area contributed by atoms with Crippen LogP contribution in [0.1, 0.15) is 5.56 Å². The molecule has 0 aliphatic carbocycles. The van der Waals surface area contributed by atoms with Crippen molar-refractivity contribution < 1.29 is 18.9 Å². The molecule has 156 valence electrons. The second-order valence-corrected chi connectivity index (χ2v) is 7.30. The average molecular weight is 426 g/mol. The van der Waals surface area contributed by atoms with Crippen molar-refractivity contribution in [3.05, 3.63) is 58.2 Å². The predicted molar refractivity (Wildman–Crippen MR) is 117 cm³/mol. The number of fused-ring (bicyclic) bond motifs is 1. The minimum Gasteiger partial charge on any atom is -0.497 e. The lowest BCUT2D eigenvalue weighted by molar-refractivity contribution is 0.171. The second kappa shape index (κ2) is 9.60. The minimum atomic E-state index is 0.553. The van der Waals surface area contributed by atoms with Crippen molar-refractivity contribution in [2.45, 2.75) is 0 Å². The summed E-state index contributed by atoms with van der Waals surface area (Å²) in [5.74, 6) is 2.31. The Morgan fingerprint density at radius 2 is 1.87 bits per heavy atom. The number of nitrogens with zero attached hydrogens (tertiary/aromatic N) is 3. The lowest BCUT2D eigenvalue weighted by atomic mass is 10.2. The van der Waals surface area contributed by atoms with Crippen LogP contribution < -0.4 is 19.0 Å². The van der Waals surface area contributed by atoms with Gasteiger partial charge in [-0.05, 0) is 48.0 Å². The molecule has 0 bridgehead atoms. The van der Waals surface area contributed by atoms with Crippen molar-refractivity contribution in [3.63, 3.8) is 0 Å². The second-order valence-electron chi connectivity index (χ2n) is 6.47. The molecule has 4 rings (SSSR count). The molecule has 3 aromatic rings. The molecule has 1 aromatic heterocycles. The fourth-order valence-corrected chi connectivity index (χ4v) is 3.84. The van der Waals surface area contributed by atoms with Crippen molar-refractivity contribution >= 4 is 17.6 Å². The normalized spacial score (nSPS) is 13.7. The summed E-state index contributed by atoms with van der Waals surface area (Å²) in [4.78, 5) is 5.43. The molecule has 30 heavy (non-hydrogen) atoms. The molecule has 0 atom stereocenters. The molecule has 2 heterocycles. The number of rotatable bonds is 7. The Bertz CT molecular complexity index is 1090. The van der Waals surface area contributed by atoms with Crippen LogP contribution in [0.25, 0.3) is 11.3 Å². The van der Waals surface area contributed by atoms with E-state index in [1.165, 1.54) is 0 Å². The Labute approximate surface area is 178 Å². The van der Waals surface area contributed by atoms with Gasteiger partial charge in [-0.25, -0.2) is 4.68 Å². The van der Waals surface area contributed by atoms with Crippen molar-refractivity contribution in [1.29, 1.82) is 0 Å². The summed E-state index contributed by atoms with van der Waals surface area (Å²) in [5, 5.41) is 6.77. The highest BCUT2D eigenvalue weighted by Gasteiger charge is 2.12. The maximum atomic E-state index is 5.67. The van der Waals surface area contributed by atoms with E-state index in [9.17, 15) is 0 Å². The summed E-state index contributed by atoms with van der Waals surface area (Å²) < 4.78 is 23.5. The Morgan fingerprint density at radius 3 is 2.63 bits per heavy atom. The van der Waals surface area contributed by atoms with E-state index in [0.29, 0.717) is 26.4 Å². The van der Waals surface area contributed by atoms with Crippen LogP contribution in [0.5, 0.6) is 17.2 Å². The molecule has 7 nitrogen and oxygen atoms in total. The smallest absolute Gasteiger partial charge is 0.206 e. The number of aromatic nitrogens is 1. The summed E-state index contributed by atoms with van der Waals surface area (Å²) in [6.07, 6.45) is 1.80. The number of thiazole rings is 1. The summed E-state index contributed by atoms with van der Waals surface area (Å²) in [7, 11) is 3.32. The molecule has 0 saturated heterocycles. The van der Waals surface area contributed by atoms with E-state index < -0.39 is 0 Å². The molecule has 0 N–H and O–H groups in total. The largest absolute Gasteiger partial charge is 0.497 e. The van der Waals surface area contributed by atoms with Gasteiger partial charge in [0.05, 0.1) is 32.2 Å². The van der Waals surface area contributed by atoms with E-state index in [2.05, 4.69) is 10.4 Å². The van der Waals surface area contributed by atoms with Crippen LogP contribution in [0.15, 0.2) is 57.9 Å². The lowest BCUT2D eigenvalue weighted by Crippen LogP contribution is -2.15. The highest BCUT2D eigenvalue weighted by molar-refractivity contribution is 7.07. The van der Waals surface area contributed by atoms with Gasteiger partial charge in [-0.3, -0.25) is 4.99 Å². The number of ether oxygens (including phenoxy) is 4. The zero-order valence-corrected chi connectivity index (χ0v) is 17.7. The van der Waals surface area contributed by atoms with Gasteiger partial charge in [-0.2, -0.15) is 5.10 Å². The molecule has 0 saturated carbocycles. The quantitative estimate of drug-likeness (QED) is 0.430. The fourth-order valence-electron chi connectivity index (χ4n) is 2.98. The predicted octanol–water partition coefficient (Wildman–Crippen LogP) is 3.43. The van der Waals surface area contributed by atoms with Crippen LogP contribution in [0.2, 0.25) is 0 Å². The molecule has 0 spiro atoms. The third-order valence-corrected chi connectivity index (χ3v) is 5.36. The van der Waals surface area contributed by atoms with Crippen molar-refractivity contribution in [2.75, 3.05) is 40.6 Å². The van der Waals surface area contributed by atoms with Crippen LogP contribution in [0.4, 0.5) is 0 Å². The molecular weight excluding hydrogens is 402 g/mol. The topological polar surface area (TPSA) is 66.6 Å². The van der Waals surface area contributed by atoms with E-state index >= 15 is 0 Å². The highest BCUT2D eigenvalue weighted by atomic mass is 32.1. The van der Waals surface area contributed by atoms with Crippen molar-refractivity contribution in [2.24, 2.45) is 10.1 Å². The standard InChI is InChI=1S/C22H23N3O4S/c1-26-10-9-23-22-25(19(15-30-22)17-4-6-18(27-2)7-5-17)24-14-16-3-8-20-21(13-16)29-12-11-28-20/h3-8,13-15H,9-12H2,1-2H3. The number of hydrogen-bond donors (Lipinski definition) is 0. The average Bonchev–Trinajstić information content (AvgIpc) is 3.20. The first kappa shape index (κ1) is 20.2. The van der Waals surface area contributed by atoms with Gasteiger partial charge in [0.2, 0.25) is 4.80 Å². The first-order chi connectivity index (χ1) is 14.8. The summed E-state index contributed by atoms with van der Waals surface area (Å²) in [6.45, 7) is 2.25. The van der Waals surface area contributed by atoms with Gasteiger partial charge in [-0.15, -0.1) is 11.3 Å². The summed E-state index contributed by atoms with van der Waals surface area (Å²) in [5.41, 5.74) is 2.90. The van der Waals surface area contributed by atoms with Gasteiger partial charge in [0.15, 0.2) is 11.5 Å². The lowest BCUT2D eigenvalue weighted by Gasteiger charge is -2.18. The van der Waals surface area contributed by atoms with Crippen LogP contribution >= 0.6 is 11.3 Å². The summed E-state index contributed by atoms with van der Waals surface area (Å²) >= 11 is 1.54.